The summed E-state index contributed by atoms with van der Waals surface area (Å²) < 4.78 is 7.81. The zero-order valence-electron chi connectivity index (χ0n) is 40.1. The predicted octanol–water partition coefficient (Wildman–Crippen LogP) is 3.54. The number of nitrogens with one attached hydrogen (secondary N) is 4. The Hall–Kier alpha value is -5.91. The van der Waals surface area contributed by atoms with Gasteiger partial charge < -0.3 is 40.9 Å². The Labute approximate surface area is 393 Å². The maximum atomic E-state index is 14.7. The van der Waals surface area contributed by atoms with Gasteiger partial charge in [0.05, 0.1) is 18.1 Å². The van der Waals surface area contributed by atoms with E-state index in [1.165, 1.54) is 4.90 Å². The maximum Gasteiger partial charge on any atom is 0.410 e. The van der Waals surface area contributed by atoms with Crippen LogP contribution >= 0.6 is 0 Å². The number of hydrogen-bond acceptors (Lipinski definition) is 11. The fourth-order valence-corrected chi connectivity index (χ4v) is 8.89. The third kappa shape index (κ3) is 13.0. The minimum Gasteiger partial charge on any atom is -0.444 e. The SMILES string of the molecule is CCCC(NC(=O)[C@@H]1CC(OC(=O)N2CCc3ccccc3C2)CN1C(=O)[C@@H](NC(=O)[C@@H](NC(=O)CCCCc1nnnn1C(C)(C)c1ccccc1)C(C)C)C(C)C)C(O)C(=O)NC1CC1. The highest BCUT2D eigenvalue weighted by Crippen LogP contribution is 2.28. The summed E-state index contributed by atoms with van der Waals surface area (Å²) in [7, 11) is 0. The number of aliphatic hydroxyl groups excluding tert-OH is 1. The summed E-state index contributed by atoms with van der Waals surface area (Å²) in [6.45, 7) is 13.8. The fraction of sp³-hybridized carbons (Fsp3) is 0.612. The summed E-state index contributed by atoms with van der Waals surface area (Å²) in [5.74, 6) is -2.74. The summed E-state index contributed by atoms with van der Waals surface area (Å²) in [4.78, 5) is 85.8. The van der Waals surface area contributed by atoms with Gasteiger partial charge in [-0.2, -0.15) is 0 Å². The lowest BCUT2D eigenvalue weighted by Crippen LogP contribution is -2.60. The van der Waals surface area contributed by atoms with Gasteiger partial charge in [-0.25, -0.2) is 9.48 Å². The van der Waals surface area contributed by atoms with Crippen LogP contribution in [0.3, 0.4) is 0 Å². The Kier molecular flexibility index (Phi) is 17.1. The van der Waals surface area contributed by atoms with Crippen LogP contribution < -0.4 is 21.3 Å². The van der Waals surface area contributed by atoms with E-state index in [4.69, 9.17) is 4.74 Å². The third-order valence-corrected chi connectivity index (χ3v) is 13.1. The van der Waals surface area contributed by atoms with Crippen LogP contribution in [0.4, 0.5) is 4.79 Å². The lowest BCUT2D eigenvalue weighted by Gasteiger charge is -2.33. The summed E-state index contributed by atoms with van der Waals surface area (Å²) >= 11 is 0. The first-order valence-electron chi connectivity index (χ1n) is 24.0. The Morgan fingerprint density at radius 2 is 1.55 bits per heavy atom. The van der Waals surface area contributed by atoms with Crippen LogP contribution in [0.2, 0.25) is 0 Å². The molecule has 2 fully saturated rings. The van der Waals surface area contributed by atoms with Crippen LogP contribution in [-0.2, 0) is 53.6 Å². The average molecular weight is 927 g/mol. The molecule has 0 radical (unpaired) electrons. The molecule has 18 nitrogen and oxygen atoms in total. The van der Waals surface area contributed by atoms with Crippen molar-refractivity contribution in [3.05, 3.63) is 77.1 Å². The van der Waals surface area contributed by atoms with E-state index < -0.39 is 77.6 Å². The van der Waals surface area contributed by atoms with Gasteiger partial charge in [0, 0.05) is 38.4 Å². The molecule has 3 aromatic rings. The number of carbonyl (C=O) groups is 6. The van der Waals surface area contributed by atoms with Crippen molar-refractivity contribution in [2.24, 2.45) is 11.8 Å². The van der Waals surface area contributed by atoms with Gasteiger partial charge in [-0.3, -0.25) is 24.0 Å². The van der Waals surface area contributed by atoms with Crippen molar-refractivity contribution in [3.8, 4) is 0 Å². The van der Waals surface area contributed by atoms with Gasteiger partial charge in [0.15, 0.2) is 11.9 Å². The number of benzene rings is 2. The molecule has 3 heterocycles. The van der Waals surface area contributed by atoms with Crippen LogP contribution in [0.5, 0.6) is 0 Å². The second-order valence-electron chi connectivity index (χ2n) is 19.5. The van der Waals surface area contributed by atoms with Gasteiger partial charge in [0.1, 0.15) is 24.2 Å². The topological polar surface area (TPSA) is 230 Å². The highest BCUT2D eigenvalue weighted by Gasteiger charge is 2.46. The standard InChI is InChI=1S/C49H70N10O8/c1-8-16-37(43(61)46(64)50-35-23-24-35)51-44(62)38-27-36(67-48(66)57-26-25-32-17-12-13-18-33(32)28-57)29-58(38)47(65)42(31(4)5)53-45(63)41(30(2)3)52-40(60)22-15-14-21-39-54-55-56-59(39)49(6,7)34-19-10-9-11-20-34/h9-13,17-20,30-31,35-38,41-43,61H,8,14-16,21-29H2,1-7H3,(H,50,64)(H,51,62)(H,52,60)(H,53,63)/t36?,37?,38-,41-,42-,43?/m0/s1. The molecule has 2 aromatic carbocycles. The van der Waals surface area contributed by atoms with E-state index in [-0.39, 0.29) is 37.3 Å². The number of rotatable bonds is 21. The van der Waals surface area contributed by atoms with Crippen molar-refractivity contribution in [2.45, 2.75) is 167 Å². The van der Waals surface area contributed by atoms with Crippen molar-refractivity contribution in [2.75, 3.05) is 13.1 Å². The van der Waals surface area contributed by atoms with Crippen molar-refractivity contribution in [3.63, 3.8) is 0 Å². The van der Waals surface area contributed by atoms with Crippen molar-refractivity contribution in [1.82, 2.24) is 51.3 Å². The smallest absolute Gasteiger partial charge is 0.410 e. The number of unbranched alkanes of at least 4 members (excludes halogenated alkanes) is 1. The van der Waals surface area contributed by atoms with Crippen LogP contribution in [-0.4, -0.2) is 126 Å². The number of hydrogen-bond donors (Lipinski definition) is 5. The number of amides is 6. The first kappa shape index (κ1) is 50.5. The van der Waals surface area contributed by atoms with Crippen LogP contribution in [0.15, 0.2) is 54.6 Å². The zero-order chi connectivity index (χ0) is 48.4. The summed E-state index contributed by atoms with van der Waals surface area (Å²) in [6.07, 6.45) is 1.98. The molecule has 6 atom stereocenters. The van der Waals surface area contributed by atoms with Gasteiger partial charge in [0.2, 0.25) is 23.6 Å². The van der Waals surface area contributed by atoms with Crippen molar-refractivity contribution < 1.29 is 38.6 Å². The van der Waals surface area contributed by atoms with E-state index in [2.05, 4.69) is 36.8 Å². The monoisotopic (exact) mass is 927 g/mol. The molecule has 5 N–H and O–H groups in total. The molecule has 364 valence electrons. The molecule has 1 saturated carbocycles. The highest BCUT2D eigenvalue weighted by molar-refractivity contribution is 5.95. The molecule has 3 aliphatic rings. The number of aliphatic hydroxyl groups is 1. The third-order valence-electron chi connectivity index (χ3n) is 13.1. The Morgan fingerprint density at radius 1 is 0.866 bits per heavy atom. The van der Waals surface area contributed by atoms with Gasteiger partial charge in [-0.1, -0.05) is 95.6 Å². The molecule has 6 amide bonds. The minimum absolute atomic E-state index is 0.000164. The first-order chi connectivity index (χ1) is 32.0. The molecule has 0 spiro atoms. The summed E-state index contributed by atoms with van der Waals surface area (Å²) in [6, 6.07) is 13.6. The number of nitrogens with zero attached hydrogens (tertiary/aromatic N) is 6. The van der Waals surface area contributed by atoms with Gasteiger partial charge in [0.25, 0.3) is 5.91 Å². The van der Waals surface area contributed by atoms with Crippen LogP contribution in [0, 0.1) is 11.8 Å². The van der Waals surface area contributed by atoms with Crippen molar-refractivity contribution in [1.29, 1.82) is 0 Å². The molecule has 1 aliphatic carbocycles. The number of carbonyl (C=O) groups excluding carboxylic acids is 6. The van der Waals surface area contributed by atoms with E-state index in [0.717, 1.165) is 29.5 Å². The largest absolute Gasteiger partial charge is 0.444 e. The Balaban J connectivity index is 1.10. The average Bonchev–Trinajstić information content (AvgIpc) is 3.81. The van der Waals surface area contributed by atoms with E-state index in [0.29, 0.717) is 57.4 Å². The van der Waals surface area contributed by atoms with E-state index >= 15 is 0 Å². The highest BCUT2D eigenvalue weighted by atomic mass is 16.6. The van der Waals surface area contributed by atoms with Gasteiger partial charge in [-0.15, -0.1) is 5.10 Å². The first-order valence-corrected chi connectivity index (χ1v) is 24.0. The predicted molar refractivity (Wildman–Crippen MR) is 249 cm³/mol. The van der Waals surface area contributed by atoms with E-state index in [9.17, 15) is 33.9 Å². The Morgan fingerprint density at radius 3 is 2.22 bits per heavy atom. The lowest BCUT2D eigenvalue weighted by atomic mass is 9.94. The molecule has 6 rings (SSSR count). The number of ether oxygens (including phenoxy) is 1. The summed E-state index contributed by atoms with van der Waals surface area (Å²) in [5, 5.41) is 34.9. The second-order valence-corrected chi connectivity index (χ2v) is 19.5. The molecule has 18 heteroatoms. The minimum atomic E-state index is -1.52. The van der Waals surface area contributed by atoms with Crippen LogP contribution in [0.25, 0.3) is 0 Å². The molecule has 67 heavy (non-hydrogen) atoms. The van der Waals surface area contributed by atoms with Crippen LogP contribution in [0.1, 0.15) is 122 Å². The maximum absolute atomic E-state index is 14.7. The quantitative estimate of drug-likeness (QED) is 0.0971. The Bertz CT molecular complexity index is 2190. The molecular weight excluding hydrogens is 857 g/mol. The number of aromatic nitrogens is 4. The number of fused-ring (bicyclic) bond motifs is 1. The molecular formula is C49H70N10O8. The van der Waals surface area contributed by atoms with E-state index in [1.54, 1.807) is 37.3 Å². The van der Waals surface area contributed by atoms with Gasteiger partial charge in [-0.05, 0) is 91.3 Å². The second kappa shape index (κ2) is 22.7. The normalized spacial score (nSPS) is 19.0. The number of aryl methyl sites for hydroxylation is 1. The molecule has 0 bridgehead atoms. The fourth-order valence-electron chi connectivity index (χ4n) is 8.89. The zero-order valence-corrected chi connectivity index (χ0v) is 40.1. The molecule has 3 unspecified atom stereocenters. The molecule has 1 saturated heterocycles. The number of likely N-dealkylation sites (tertiary alicyclic amines) is 1. The van der Waals surface area contributed by atoms with Crippen molar-refractivity contribution >= 4 is 35.6 Å². The molecule has 2 aliphatic heterocycles. The number of tetrazole rings is 1. The van der Waals surface area contributed by atoms with Gasteiger partial charge >= 0.3 is 6.09 Å². The van der Waals surface area contributed by atoms with E-state index in [1.807, 2.05) is 75.4 Å². The lowest BCUT2D eigenvalue weighted by molar-refractivity contribution is -0.144. The summed E-state index contributed by atoms with van der Waals surface area (Å²) in [5.41, 5.74) is 2.74. The molecule has 1 aromatic heterocycles.